The van der Waals surface area contributed by atoms with Crippen molar-refractivity contribution in [1.82, 2.24) is 9.78 Å². The Hall–Kier alpha value is -3.41. The third-order valence-corrected chi connectivity index (χ3v) is 5.06. The van der Waals surface area contributed by atoms with Gasteiger partial charge >= 0.3 is 12.3 Å². The van der Waals surface area contributed by atoms with Crippen molar-refractivity contribution in [2.45, 2.75) is 33.1 Å². The molecule has 3 aromatic rings. The van der Waals surface area contributed by atoms with E-state index in [9.17, 15) is 27.6 Å². The summed E-state index contributed by atoms with van der Waals surface area (Å²) in [6, 6.07) is 4.42. The van der Waals surface area contributed by atoms with Crippen LogP contribution in [0.2, 0.25) is 0 Å². The van der Waals surface area contributed by atoms with E-state index >= 15 is 0 Å². The lowest BCUT2D eigenvalue weighted by atomic mass is 10.2. The highest BCUT2D eigenvalue weighted by Gasteiger charge is 2.31. The summed E-state index contributed by atoms with van der Waals surface area (Å²) in [5.41, 5.74) is -0.732. The summed E-state index contributed by atoms with van der Waals surface area (Å²) in [6.07, 6.45) is -4.03. The zero-order valence-electron chi connectivity index (χ0n) is 17.0. The molecule has 0 fully saturated rings. The highest BCUT2D eigenvalue weighted by molar-refractivity contribution is 7.16. The van der Waals surface area contributed by atoms with Crippen LogP contribution in [-0.4, -0.2) is 34.6 Å². The van der Waals surface area contributed by atoms with Gasteiger partial charge in [0, 0.05) is 17.2 Å². The first-order valence-electron chi connectivity index (χ1n) is 9.52. The Morgan fingerprint density at radius 3 is 2.47 bits per heavy atom. The zero-order chi connectivity index (χ0) is 23.5. The van der Waals surface area contributed by atoms with E-state index in [2.05, 4.69) is 15.2 Å². The molecule has 1 aromatic carbocycles. The molecule has 0 spiro atoms. The van der Waals surface area contributed by atoms with Crippen molar-refractivity contribution >= 4 is 39.0 Å². The molecule has 0 saturated carbocycles. The Bertz CT molecular complexity index is 1200. The molecule has 1 amide bonds. The van der Waals surface area contributed by atoms with Gasteiger partial charge in [-0.25, -0.2) is 4.79 Å². The number of thiophene rings is 1. The summed E-state index contributed by atoms with van der Waals surface area (Å²) in [5.74, 6) is -1.57. The average molecular weight is 469 g/mol. The van der Waals surface area contributed by atoms with Crippen LogP contribution >= 0.6 is 11.3 Å². The molecule has 0 aliphatic carbocycles. The van der Waals surface area contributed by atoms with Gasteiger partial charge in [0.1, 0.15) is 10.8 Å². The first-order valence-corrected chi connectivity index (χ1v) is 10.4. The number of carbonyl (C=O) groups excluding carboxylic acids is 2. The molecule has 0 atom stereocenters. The van der Waals surface area contributed by atoms with Gasteiger partial charge in [-0.15, -0.1) is 24.5 Å². The van der Waals surface area contributed by atoms with Crippen LogP contribution in [0.1, 0.15) is 37.2 Å². The minimum Gasteiger partial charge on any atom is -0.461 e. The van der Waals surface area contributed by atoms with Gasteiger partial charge in [0.05, 0.1) is 17.7 Å². The van der Waals surface area contributed by atoms with Crippen LogP contribution < -0.4 is 15.6 Å². The number of ether oxygens (including phenoxy) is 2. The molecule has 12 heteroatoms. The number of alkyl halides is 3. The quantitative estimate of drug-likeness (QED) is 0.519. The molecular weight excluding hydrogens is 451 g/mol. The number of aromatic nitrogens is 2. The second-order valence-electron chi connectivity index (χ2n) is 6.48. The second kappa shape index (κ2) is 9.39. The number of halogens is 3. The molecule has 0 aliphatic heterocycles. The lowest BCUT2D eigenvalue weighted by molar-refractivity contribution is -0.274. The Morgan fingerprint density at radius 2 is 1.88 bits per heavy atom. The lowest BCUT2D eigenvalue weighted by Crippen LogP contribution is -2.25. The molecule has 0 saturated heterocycles. The maximum absolute atomic E-state index is 13.2. The normalized spacial score (nSPS) is 11.4. The summed E-state index contributed by atoms with van der Waals surface area (Å²) >= 11 is 1.06. The average Bonchev–Trinajstić information content (AvgIpc) is 3.12. The molecule has 0 unspecified atom stereocenters. The molecule has 0 radical (unpaired) electrons. The molecule has 32 heavy (non-hydrogen) atoms. The van der Waals surface area contributed by atoms with Crippen molar-refractivity contribution < 1.29 is 32.2 Å². The van der Waals surface area contributed by atoms with E-state index in [0.29, 0.717) is 6.42 Å². The number of rotatable bonds is 7. The standard InChI is InChI=1S/C20H18F3N3O5S/c1-3-5-14(27)24-17-15-13(10-32-17)16(19(29)30-4-2)25-26(18(15)28)11-6-8-12(9-7-11)31-20(21,22)23/h6-10H,3-5H2,1-2H3,(H,24,27). The third kappa shape index (κ3) is 5.07. The largest absolute Gasteiger partial charge is 0.573 e. The number of nitrogens with zero attached hydrogens (tertiary/aromatic N) is 2. The van der Waals surface area contributed by atoms with Gasteiger partial charge in [0.2, 0.25) is 5.91 Å². The summed E-state index contributed by atoms with van der Waals surface area (Å²) in [5, 5.41) is 8.75. The molecular formula is C20H18F3N3O5S. The number of nitrogens with one attached hydrogen (secondary N) is 1. The Kier molecular flexibility index (Phi) is 6.82. The van der Waals surface area contributed by atoms with Gasteiger partial charge < -0.3 is 14.8 Å². The fraction of sp³-hybridized carbons (Fsp3) is 0.300. The molecule has 1 N–H and O–H groups in total. The van der Waals surface area contributed by atoms with Gasteiger partial charge in [-0.2, -0.15) is 9.78 Å². The highest BCUT2D eigenvalue weighted by Crippen LogP contribution is 2.31. The maximum atomic E-state index is 13.2. The predicted molar refractivity (Wildman–Crippen MR) is 111 cm³/mol. The van der Waals surface area contributed by atoms with Crippen molar-refractivity contribution in [3.8, 4) is 11.4 Å². The van der Waals surface area contributed by atoms with E-state index in [1.165, 1.54) is 17.5 Å². The monoisotopic (exact) mass is 469 g/mol. The first-order chi connectivity index (χ1) is 15.1. The van der Waals surface area contributed by atoms with E-state index in [-0.39, 0.29) is 46.1 Å². The fourth-order valence-electron chi connectivity index (χ4n) is 2.87. The maximum Gasteiger partial charge on any atom is 0.573 e. The molecule has 2 heterocycles. The van der Waals surface area contributed by atoms with Crippen molar-refractivity contribution in [3.05, 3.63) is 45.7 Å². The minimum absolute atomic E-state index is 0.0492. The van der Waals surface area contributed by atoms with E-state index in [1.54, 1.807) is 6.92 Å². The van der Waals surface area contributed by atoms with Crippen LogP contribution in [0.25, 0.3) is 16.5 Å². The molecule has 2 aromatic heterocycles. The Morgan fingerprint density at radius 1 is 1.19 bits per heavy atom. The van der Waals surface area contributed by atoms with Crippen LogP contribution in [0.3, 0.4) is 0 Å². The Balaban J connectivity index is 2.15. The number of carbonyl (C=O) groups is 2. The van der Waals surface area contributed by atoms with E-state index < -0.39 is 23.6 Å². The topological polar surface area (TPSA) is 99.5 Å². The van der Waals surface area contributed by atoms with Gasteiger partial charge in [-0.1, -0.05) is 6.92 Å². The van der Waals surface area contributed by atoms with Crippen molar-refractivity contribution in [2.75, 3.05) is 11.9 Å². The molecule has 170 valence electrons. The van der Waals surface area contributed by atoms with Crippen LogP contribution in [0.5, 0.6) is 5.75 Å². The number of amides is 1. The fourth-order valence-corrected chi connectivity index (χ4v) is 3.83. The van der Waals surface area contributed by atoms with Crippen molar-refractivity contribution in [1.29, 1.82) is 0 Å². The number of benzene rings is 1. The van der Waals surface area contributed by atoms with Crippen LogP contribution in [-0.2, 0) is 9.53 Å². The third-order valence-electron chi connectivity index (χ3n) is 4.17. The molecule has 3 rings (SSSR count). The van der Waals surface area contributed by atoms with Crippen molar-refractivity contribution in [3.63, 3.8) is 0 Å². The van der Waals surface area contributed by atoms with Crippen molar-refractivity contribution in [2.24, 2.45) is 0 Å². The highest BCUT2D eigenvalue weighted by atomic mass is 32.1. The number of hydrogen-bond donors (Lipinski definition) is 1. The number of hydrogen-bond acceptors (Lipinski definition) is 7. The van der Waals surface area contributed by atoms with Gasteiger partial charge in [-0.05, 0) is 37.6 Å². The molecule has 0 bridgehead atoms. The summed E-state index contributed by atoms with van der Waals surface area (Å²) in [4.78, 5) is 37.7. The predicted octanol–water partition coefficient (Wildman–Crippen LogP) is 4.26. The molecule has 8 nitrogen and oxygen atoms in total. The number of esters is 1. The molecule has 0 aliphatic rings. The zero-order valence-corrected chi connectivity index (χ0v) is 17.8. The van der Waals surface area contributed by atoms with Crippen LogP contribution in [0.4, 0.5) is 18.2 Å². The summed E-state index contributed by atoms with van der Waals surface area (Å²) < 4.78 is 47.0. The van der Waals surface area contributed by atoms with E-state index in [4.69, 9.17) is 4.74 Å². The van der Waals surface area contributed by atoms with E-state index in [0.717, 1.165) is 28.2 Å². The minimum atomic E-state index is -4.87. The summed E-state index contributed by atoms with van der Waals surface area (Å²) in [7, 11) is 0. The number of fused-ring (bicyclic) bond motifs is 1. The Labute approximate surface area is 183 Å². The van der Waals surface area contributed by atoms with E-state index in [1.807, 2.05) is 6.92 Å². The lowest BCUT2D eigenvalue weighted by Gasteiger charge is -2.11. The van der Waals surface area contributed by atoms with Gasteiger partial charge in [0.15, 0.2) is 5.69 Å². The second-order valence-corrected chi connectivity index (χ2v) is 7.36. The number of anilines is 1. The SMILES string of the molecule is CCCC(=O)Nc1scc2c(C(=O)OCC)nn(-c3ccc(OC(F)(F)F)cc3)c(=O)c12. The smallest absolute Gasteiger partial charge is 0.461 e. The van der Waals surface area contributed by atoms with Gasteiger partial charge in [-0.3, -0.25) is 9.59 Å². The van der Waals surface area contributed by atoms with Crippen LogP contribution in [0, 0.1) is 0 Å². The first kappa shape index (κ1) is 23.3. The van der Waals surface area contributed by atoms with Crippen LogP contribution in [0.15, 0.2) is 34.4 Å². The summed E-state index contributed by atoms with van der Waals surface area (Å²) in [6.45, 7) is 3.50. The van der Waals surface area contributed by atoms with Gasteiger partial charge in [0.25, 0.3) is 5.56 Å².